The van der Waals surface area contributed by atoms with Gasteiger partial charge in [0, 0.05) is 17.5 Å². The van der Waals surface area contributed by atoms with Crippen LogP contribution >= 0.6 is 11.6 Å². The summed E-state index contributed by atoms with van der Waals surface area (Å²) in [5.74, 6) is -0.111. The van der Waals surface area contributed by atoms with Crippen LogP contribution in [0.1, 0.15) is 17.4 Å². The zero-order valence-corrected chi connectivity index (χ0v) is 12.1. The van der Waals surface area contributed by atoms with Gasteiger partial charge in [-0.05, 0) is 23.3 Å². The van der Waals surface area contributed by atoms with Crippen molar-refractivity contribution in [3.05, 3.63) is 59.2 Å². The number of aromatic amines is 1. The van der Waals surface area contributed by atoms with Crippen molar-refractivity contribution in [3.63, 3.8) is 0 Å². The lowest BCUT2D eigenvalue weighted by molar-refractivity contribution is 0.101. The van der Waals surface area contributed by atoms with Crippen molar-refractivity contribution in [2.45, 2.75) is 6.92 Å². The van der Waals surface area contributed by atoms with E-state index in [0.717, 1.165) is 16.7 Å². The molecule has 0 saturated carbocycles. The second-order valence-electron chi connectivity index (χ2n) is 4.66. The summed E-state index contributed by atoms with van der Waals surface area (Å²) in [5.41, 5.74) is 3.94. The van der Waals surface area contributed by atoms with Crippen LogP contribution in [-0.4, -0.2) is 21.2 Å². The van der Waals surface area contributed by atoms with E-state index in [1.807, 2.05) is 48.5 Å². The van der Waals surface area contributed by atoms with Crippen molar-refractivity contribution < 1.29 is 4.79 Å². The highest BCUT2D eigenvalue weighted by Crippen LogP contribution is 2.26. The number of Topliss-reactive ketones (excluding diaryl/α,β-unsaturated/α-hetero) is 1. The summed E-state index contributed by atoms with van der Waals surface area (Å²) in [6.07, 6.45) is 0. The Morgan fingerprint density at radius 2 is 1.43 bits per heavy atom. The predicted molar refractivity (Wildman–Crippen MR) is 82.3 cm³/mol. The van der Waals surface area contributed by atoms with Gasteiger partial charge in [0.2, 0.25) is 0 Å². The zero-order chi connectivity index (χ0) is 14.8. The van der Waals surface area contributed by atoms with Crippen LogP contribution in [0.2, 0.25) is 5.02 Å². The molecule has 2 aromatic carbocycles. The number of rotatable bonds is 3. The van der Waals surface area contributed by atoms with Gasteiger partial charge in [-0.2, -0.15) is 15.4 Å². The van der Waals surface area contributed by atoms with Crippen LogP contribution in [0.25, 0.3) is 22.4 Å². The van der Waals surface area contributed by atoms with E-state index in [0.29, 0.717) is 16.4 Å². The number of carbonyl (C=O) groups is 1. The van der Waals surface area contributed by atoms with Gasteiger partial charge in [-0.3, -0.25) is 4.79 Å². The topological polar surface area (TPSA) is 58.6 Å². The number of nitrogens with zero attached hydrogens (tertiary/aromatic N) is 2. The molecule has 0 spiro atoms. The first-order valence-corrected chi connectivity index (χ1v) is 6.81. The Bertz CT molecular complexity index is 776. The Morgan fingerprint density at radius 3 is 2.00 bits per heavy atom. The lowest BCUT2D eigenvalue weighted by Crippen LogP contribution is -1.95. The molecule has 0 atom stereocenters. The summed E-state index contributed by atoms with van der Waals surface area (Å²) in [5, 5.41) is 11.1. The molecular weight excluding hydrogens is 286 g/mol. The molecule has 0 bridgehead atoms. The van der Waals surface area contributed by atoms with Crippen molar-refractivity contribution >= 4 is 17.4 Å². The number of H-pyrrole nitrogens is 1. The number of nitrogens with one attached hydrogen (secondary N) is 1. The summed E-state index contributed by atoms with van der Waals surface area (Å²) in [4.78, 5) is 11.5. The van der Waals surface area contributed by atoms with E-state index in [1.54, 1.807) is 0 Å². The lowest BCUT2D eigenvalue weighted by atomic mass is 10.0. The van der Waals surface area contributed by atoms with Gasteiger partial charge in [-0.15, -0.1) is 0 Å². The quantitative estimate of drug-likeness (QED) is 0.744. The second-order valence-corrected chi connectivity index (χ2v) is 5.10. The molecule has 1 aromatic heterocycles. The summed E-state index contributed by atoms with van der Waals surface area (Å²) in [7, 11) is 0. The van der Waals surface area contributed by atoms with E-state index < -0.39 is 0 Å². The standard InChI is InChI=1S/C16H12ClN3O/c1-10(21)15-16(19-20-18-15)13-4-2-11(3-5-13)12-6-8-14(17)9-7-12/h2-9H,1H3,(H,18,19,20). The Morgan fingerprint density at radius 1 is 0.905 bits per heavy atom. The molecule has 0 aliphatic carbocycles. The number of carbonyl (C=O) groups excluding carboxylic acids is 1. The number of ketones is 1. The van der Waals surface area contributed by atoms with Crippen LogP contribution in [0, 0.1) is 0 Å². The molecular formula is C16H12ClN3O. The van der Waals surface area contributed by atoms with E-state index >= 15 is 0 Å². The normalized spacial score (nSPS) is 10.6. The van der Waals surface area contributed by atoms with Crippen LogP contribution in [0.5, 0.6) is 0 Å². The molecule has 0 radical (unpaired) electrons. The summed E-state index contributed by atoms with van der Waals surface area (Å²) in [6.45, 7) is 1.48. The lowest BCUT2D eigenvalue weighted by Gasteiger charge is -2.04. The highest BCUT2D eigenvalue weighted by Gasteiger charge is 2.14. The fourth-order valence-electron chi connectivity index (χ4n) is 2.14. The minimum atomic E-state index is -0.111. The molecule has 0 aliphatic heterocycles. The van der Waals surface area contributed by atoms with E-state index in [2.05, 4.69) is 15.4 Å². The fourth-order valence-corrected chi connectivity index (χ4v) is 2.27. The smallest absolute Gasteiger partial charge is 0.182 e. The molecule has 0 fully saturated rings. The van der Waals surface area contributed by atoms with Crippen LogP contribution < -0.4 is 0 Å². The van der Waals surface area contributed by atoms with Gasteiger partial charge in [0.25, 0.3) is 0 Å². The molecule has 0 amide bonds. The van der Waals surface area contributed by atoms with Crippen LogP contribution in [0.15, 0.2) is 48.5 Å². The fraction of sp³-hybridized carbons (Fsp3) is 0.0625. The first kappa shape index (κ1) is 13.5. The van der Waals surface area contributed by atoms with Crippen LogP contribution in [-0.2, 0) is 0 Å². The van der Waals surface area contributed by atoms with E-state index in [1.165, 1.54) is 6.92 Å². The Labute approximate surface area is 126 Å². The largest absolute Gasteiger partial charge is 0.293 e. The molecule has 3 aromatic rings. The predicted octanol–water partition coefficient (Wildman–Crippen LogP) is 3.99. The second kappa shape index (κ2) is 5.50. The number of halogens is 1. The minimum Gasteiger partial charge on any atom is -0.293 e. The number of benzene rings is 2. The van der Waals surface area contributed by atoms with Gasteiger partial charge in [-0.25, -0.2) is 0 Å². The van der Waals surface area contributed by atoms with Gasteiger partial charge in [0.1, 0.15) is 5.69 Å². The highest BCUT2D eigenvalue weighted by atomic mass is 35.5. The summed E-state index contributed by atoms with van der Waals surface area (Å²) >= 11 is 5.89. The minimum absolute atomic E-state index is 0.111. The monoisotopic (exact) mass is 297 g/mol. The molecule has 0 aliphatic rings. The SMILES string of the molecule is CC(=O)c1n[nH]nc1-c1ccc(-c2ccc(Cl)cc2)cc1. The van der Waals surface area contributed by atoms with Crippen LogP contribution in [0.4, 0.5) is 0 Å². The molecule has 21 heavy (non-hydrogen) atoms. The van der Waals surface area contributed by atoms with E-state index in [4.69, 9.17) is 11.6 Å². The molecule has 0 saturated heterocycles. The molecule has 3 rings (SSSR count). The van der Waals surface area contributed by atoms with E-state index in [-0.39, 0.29) is 5.78 Å². The van der Waals surface area contributed by atoms with Gasteiger partial charge >= 0.3 is 0 Å². The average molecular weight is 298 g/mol. The van der Waals surface area contributed by atoms with Gasteiger partial charge in [0.15, 0.2) is 11.5 Å². The number of hydrogen-bond acceptors (Lipinski definition) is 3. The molecule has 0 unspecified atom stereocenters. The van der Waals surface area contributed by atoms with Crippen molar-refractivity contribution in [3.8, 4) is 22.4 Å². The first-order chi connectivity index (χ1) is 10.1. The molecule has 4 nitrogen and oxygen atoms in total. The van der Waals surface area contributed by atoms with Gasteiger partial charge < -0.3 is 0 Å². The average Bonchev–Trinajstić information content (AvgIpc) is 2.98. The van der Waals surface area contributed by atoms with Crippen molar-refractivity contribution in [2.24, 2.45) is 0 Å². The maximum atomic E-state index is 11.5. The van der Waals surface area contributed by atoms with Crippen molar-refractivity contribution in [1.29, 1.82) is 0 Å². The Kier molecular flexibility index (Phi) is 3.54. The molecule has 104 valence electrons. The third-order valence-corrected chi connectivity index (χ3v) is 3.47. The van der Waals surface area contributed by atoms with Gasteiger partial charge in [0.05, 0.1) is 0 Å². The Balaban J connectivity index is 1.95. The van der Waals surface area contributed by atoms with Crippen molar-refractivity contribution in [2.75, 3.05) is 0 Å². The highest BCUT2D eigenvalue weighted by molar-refractivity contribution is 6.30. The van der Waals surface area contributed by atoms with Gasteiger partial charge in [-0.1, -0.05) is 48.0 Å². The van der Waals surface area contributed by atoms with Crippen molar-refractivity contribution in [1.82, 2.24) is 15.4 Å². The number of hydrogen-bond donors (Lipinski definition) is 1. The van der Waals surface area contributed by atoms with Crippen LogP contribution in [0.3, 0.4) is 0 Å². The summed E-state index contributed by atoms with van der Waals surface area (Å²) in [6, 6.07) is 15.5. The third kappa shape index (κ3) is 2.71. The maximum absolute atomic E-state index is 11.5. The molecule has 1 heterocycles. The maximum Gasteiger partial charge on any atom is 0.182 e. The third-order valence-electron chi connectivity index (χ3n) is 3.22. The number of aromatic nitrogens is 3. The van der Waals surface area contributed by atoms with E-state index in [9.17, 15) is 4.79 Å². The molecule has 1 N–H and O–H groups in total. The zero-order valence-electron chi connectivity index (χ0n) is 11.3. The molecule has 5 heteroatoms. The summed E-state index contributed by atoms with van der Waals surface area (Å²) < 4.78 is 0. The Hall–Kier alpha value is -2.46. The first-order valence-electron chi connectivity index (χ1n) is 6.43.